The molecule has 1 aliphatic rings. The lowest BCUT2D eigenvalue weighted by molar-refractivity contribution is 0.174. The van der Waals surface area contributed by atoms with Crippen LogP contribution in [0.3, 0.4) is 0 Å². The van der Waals surface area contributed by atoms with Gasteiger partial charge < -0.3 is 14.4 Å². The summed E-state index contributed by atoms with van der Waals surface area (Å²) in [5.41, 5.74) is 1.09. The topological polar surface area (TPSA) is 38.8 Å². The highest BCUT2D eigenvalue weighted by molar-refractivity contribution is 6.62. The number of amides is 1. The van der Waals surface area contributed by atoms with Crippen molar-refractivity contribution in [2.75, 3.05) is 13.8 Å². The van der Waals surface area contributed by atoms with Gasteiger partial charge in [-0.1, -0.05) is 6.07 Å². The van der Waals surface area contributed by atoms with Crippen molar-refractivity contribution >= 4 is 17.0 Å². The molecule has 0 bridgehead atoms. The smallest absolute Gasteiger partial charge is 0.316 e. The average Bonchev–Trinajstić information content (AvgIpc) is 2.74. The summed E-state index contributed by atoms with van der Waals surface area (Å²) >= 11 is 5.43. The summed E-state index contributed by atoms with van der Waals surface area (Å²) < 4.78 is 10.5. The molecule has 1 heterocycles. The normalized spacial score (nSPS) is 14.5. The predicted molar refractivity (Wildman–Crippen MR) is 64.7 cm³/mol. The van der Waals surface area contributed by atoms with Crippen LogP contribution in [0.2, 0.25) is 0 Å². The molecule has 92 valence electrons. The molecule has 1 amide bonds. The van der Waals surface area contributed by atoms with Crippen molar-refractivity contribution in [2.24, 2.45) is 0 Å². The van der Waals surface area contributed by atoms with E-state index in [1.54, 1.807) is 7.05 Å². The van der Waals surface area contributed by atoms with E-state index in [1.807, 2.05) is 25.1 Å². The van der Waals surface area contributed by atoms with Gasteiger partial charge in [-0.15, -0.1) is 0 Å². The number of carbonyl (C=O) groups is 1. The lowest BCUT2D eigenvalue weighted by Crippen LogP contribution is -2.32. The number of carbonyl (C=O) groups excluding carboxylic acids is 1. The Morgan fingerprint density at radius 2 is 2.18 bits per heavy atom. The van der Waals surface area contributed by atoms with Crippen LogP contribution in [0.15, 0.2) is 18.2 Å². The molecule has 1 aromatic carbocycles. The second-order valence-electron chi connectivity index (χ2n) is 4.10. The van der Waals surface area contributed by atoms with Gasteiger partial charge in [-0.25, -0.2) is 0 Å². The predicted octanol–water partition coefficient (Wildman–Crippen LogP) is 2.64. The van der Waals surface area contributed by atoms with Gasteiger partial charge in [-0.2, -0.15) is 0 Å². The van der Waals surface area contributed by atoms with E-state index >= 15 is 0 Å². The highest BCUT2D eigenvalue weighted by Crippen LogP contribution is 2.32. The maximum absolute atomic E-state index is 11.0. The van der Waals surface area contributed by atoms with Crippen molar-refractivity contribution in [1.29, 1.82) is 0 Å². The molecule has 1 atom stereocenters. The number of ether oxygens (including phenoxy) is 2. The van der Waals surface area contributed by atoms with E-state index in [9.17, 15) is 4.79 Å². The minimum atomic E-state index is -0.446. The number of benzene rings is 1. The van der Waals surface area contributed by atoms with Gasteiger partial charge in [0.1, 0.15) is 0 Å². The van der Waals surface area contributed by atoms with Gasteiger partial charge in [0.15, 0.2) is 11.5 Å². The van der Waals surface area contributed by atoms with Crippen LogP contribution in [0.25, 0.3) is 0 Å². The Labute approximate surface area is 105 Å². The molecule has 0 radical (unpaired) electrons. The monoisotopic (exact) mass is 255 g/mol. The third-order valence-electron chi connectivity index (χ3n) is 2.91. The van der Waals surface area contributed by atoms with E-state index in [2.05, 4.69) is 0 Å². The maximum Gasteiger partial charge on any atom is 0.316 e. The van der Waals surface area contributed by atoms with Gasteiger partial charge in [0.25, 0.3) is 0 Å². The van der Waals surface area contributed by atoms with Crippen molar-refractivity contribution in [3.63, 3.8) is 0 Å². The van der Waals surface area contributed by atoms with Crippen LogP contribution >= 0.6 is 11.6 Å². The lowest BCUT2D eigenvalue weighted by Gasteiger charge is -2.22. The van der Waals surface area contributed by atoms with E-state index in [0.29, 0.717) is 0 Å². The molecule has 0 fully saturated rings. The quantitative estimate of drug-likeness (QED) is 0.616. The molecule has 2 rings (SSSR count). The van der Waals surface area contributed by atoms with E-state index in [4.69, 9.17) is 21.1 Å². The van der Waals surface area contributed by atoms with Crippen LogP contribution in [0.4, 0.5) is 4.79 Å². The van der Waals surface area contributed by atoms with Gasteiger partial charge in [0, 0.05) is 13.1 Å². The van der Waals surface area contributed by atoms with Gasteiger partial charge in [-0.05, 0) is 42.6 Å². The highest BCUT2D eigenvalue weighted by Gasteiger charge is 2.17. The summed E-state index contributed by atoms with van der Waals surface area (Å²) in [6.07, 6.45) is 0.728. The van der Waals surface area contributed by atoms with Crippen molar-refractivity contribution in [3.05, 3.63) is 23.8 Å². The molecule has 0 spiro atoms. The van der Waals surface area contributed by atoms with E-state index in [-0.39, 0.29) is 12.8 Å². The molecule has 0 aliphatic carbocycles. The molecule has 0 aromatic heterocycles. The van der Waals surface area contributed by atoms with Crippen LogP contribution in [0.5, 0.6) is 11.5 Å². The van der Waals surface area contributed by atoms with Gasteiger partial charge in [0.2, 0.25) is 6.79 Å². The van der Waals surface area contributed by atoms with E-state index in [1.165, 1.54) is 4.90 Å². The summed E-state index contributed by atoms with van der Waals surface area (Å²) in [5, 5.41) is -0.446. The third kappa shape index (κ3) is 2.64. The molecule has 1 unspecified atom stereocenters. The molecule has 0 saturated carbocycles. The summed E-state index contributed by atoms with van der Waals surface area (Å²) in [5.74, 6) is 1.53. The fraction of sp³-hybridized carbons (Fsp3) is 0.417. The average molecular weight is 256 g/mol. The Hall–Kier alpha value is -1.42. The van der Waals surface area contributed by atoms with Crippen molar-refractivity contribution < 1.29 is 14.3 Å². The Balaban J connectivity index is 2.06. The molecular formula is C12H14ClNO3. The second kappa shape index (κ2) is 4.84. The Morgan fingerprint density at radius 1 is 1.47 bits per heavy atom. The van der Waals surface area contributed by atoms with Crippen molar-refractivity contribution in [1.82, 2.24) is 4.90 Å². The molecule has 0 N–H and O–H groups in total. The number of likely N-dealkylation sites (N-methyl/N-ethyl adjacent to an activating group) is 1. The zero-order chi connectivity index (χ0) is 12.4. The Morgan fingerprint density at radius 3 is 2.88 bits per heavy atom. The first kappa shape index (κ1) is 12.0. The summed E-state index contributed by atoms with van der Waals surface area (Å²) in [7, 11) is 1.69. The maximum atomic E-state index is 11.0. The minimum Gasteiger partial charge on any atom is -0.454 e. The number of nitrogens with zero attached hydrogens (tertiary/aromatic N) is 1. The first-order valence-electron chi connectivity index (χ1n) is 5.38. The minimum absolute atomic E-state index is 0.0420. The fourth-order valence-electron chi connectivity index (χ4n) is 1.72. The standard InChI is InChI=1S/C12H14ClNO3/c1-8(14(2)12(13)15)5-9-3-4-10-11(6-9)17-7-16-10/h3-4,6,8H,5,7H2,1-2H3. The Kier molecular flexibility index (Phi) is 3.43. The van der Waals surface area contributed by atoms with Crippen molar-refractivity contribution in [3.8, 4) is 11.5 Å². The Bertz CT molecular complexity index is 436. The van der Waals surface area contributed by atoms with Crippen LogP contribution in [-0.4, -0.2) is 30.1 Å². The molecule has 1 aliphatic heterocycles. The van der Waals surface area contributed by atoms with Crippen LogP contribution < -0.4 is 9.47 Å². The zero-order valence-electron chi connectivity index (χ0n) is 9.77. The van der Waals surface area contributed by atoms with E-state index in [0.717, 1.165) is 23.5 Å². The largest absolute Gasteiger partial charge is 0.454 e. The van der Waals surface area contributed by atoms with Gasteiger partial charge in [-0.3, -0.25) is 4.79 Å². The lowest BCUT2D eigenvalue weighted by atomic mass is 10.1. The number of rotatable bonds is 3. The molecule has 5 heteroatoms. The SMILES string of the molecule is CC(Cc1ccc2c(c1)OCO2)N(C)C(=O)Cl. The number of hydrogen-bond donors (Lipinski definition) is 0. The van der Waals surface area contributed by atoms with Crippen LogP contribution in [0, 0.1) is 0 Å². The summed E-state index contributed by atoms with van der Waals surface area (Å²) in [6.45, 7) is 2.22. The third-order valence-corrected chi connectivity index (χ3v) is 3.17. The van der Waals surface area contributed by atoms with Crippen LogP contribution in [0.1, 0.15) is 12.5 Å². The molecule has 0 saturated heterocycles. The highest BCUT2D eigenvalue weighted by atomic mass is 35.5. The number of halogens is 1. The fourth-order valence-corrected chi connectivity index (χ4v) is 1.89. The molecule has 4 nitrogen and oxygen atoms in total. The van der Waals surface area contributed by atoms with Crippen molar-refractivity contribution in [2.45, 2.75) is 19.4 Å². The molecule has 1 aromatic rings. The first-order valence-corrected chi connectivity index (χ1v) is 5.76. The molecular weight excluding hydrogens is 242 g/mol. The molecule has 17 heavy (non-hydrogen) atoms. The van der Waals surface area contributed by atoms with E-state index < -0.39 is 5.37 Å². The second-order valence-corrected chi connectivity index (χ2v) is 4.43. The summed E-state index contributed by atoms with van der Waals surface area (Å²) in [4.78, 5) is 12.5. The number of hydrogen-bond acceptors (Lipinski definition) is 3. The summed E-state index contributed by atoms with van der Waals surface area (Å²) in [6, 6.07) is 5.83. The van der Waals surface area contributed by atoms with Crippen LogP contribution in [-0.2, 0) is 6.42 Å². The van der Waals surface area contributed by atoms with Gasteiger partial charge in [0.05, 0.1) is 0 Å². The number of fused-ring (bicyclic) bond motifs is 1. The first-order chi connectivity index (χ1) is 8.08. The van der Waals surface area contributed by atoms with Gasteiger partial charge >= 0.3 is 5.37 Å². The zero-order valence-corrected chi connectivity index (χ0v) is 10.5.